The van der Waals surface area contributed by atoms with E-state index in [1.54, 1.807) is 18.2 Å². The van der Waals surface area contributed by atoms with Crippen molar-refractivity contribution in [3.05, 3.63) is 64.2 Å². The molecule has 4 heteroatoms. The Morgan fingerprint density at radius 3 is 2.48 bits per heavy atom. The first-order valence-corrected chi connectivity index (χ1v) is 6.95. The van der Waals surface area contributed by atoms with Gasteiger partial charge in [-0.15, -0.1) is 0 Å². The van der Waals surface area contributed by atoms with Crippen LogP contribution in [0.25, 0.3) is 6.08 Å². The predicted molar refractivity (Wildman–Crippen MR) is 89.4 cm³/mol. The summed E-state index contributed by atoms with van der Waals surface area (Å²) in [7, 11) is 0. The lowest BCUT2D eigenvalue weighted by Crippen LogP contribution is -2.09. The second kappa shape index (κ2) is 6.46. The summed E-state index contributed by atoms with van der Waals surface area (Å²) in [6, 6.07) is 11.3. The number of halogens is 1. The van der Waals surface area contributed by atoms with Crippen LogP contribution in [0.4, 0.5) is 11.4 Å². The van der Waals surface area contributed by atoms with Gasteiger partial charge in [0.15, 0.2) is 0 Å². The van der Waals surface area contributed by atoms with Crippen LogP contribution in [-0.4, -0.2) is 5.91 Å². The maximum absolute atomic E-state index is 12.0. The number of benzene rings is 2. The van der Waals surface area contributed by atoms with Gasteiger partial charge in [0.2, 0.25) is 5.91 Å². The van der Waals surface area contributed by atoms with Crippen molar-refractivity contribution in [3.63, 3.8) is 0 Å². The van der Waals surface area contributed by atoms with Crippen molar-refractivity contribution in [1.82, 2.24) is 0 Å². The molecule has 0 fully saturated rings. The topological polar surface area (TPSA) is 55.1 Å². The second-order valence-electron chi connectivity index (χ2n) is 4.93. The van der Waals surface area contributed by atoms with Crippen LogP contribution < -0.4 is 11.1 Å². The molecule has 0 saturated heterocycles. The van der Waals surface area contributed by atoms with Crippen LogP contribution in [0.5, 0.6) is 0 Å². The molecule has 0 aromatic heterocycles. The molecule has 1 amide bonds. The molecular formula is C17H17ClN2O. The summed E-state index contributed by atoms with van der Waals surface area (Å²) >= 11 is 6.09. The van der Waals surface area contributed by atoms with E-state index in [0.29, 0.717) is 16.4 Å². The first kappa shape index (κ1) is 15.1. The minimum Gasteiger partial charge on any atom is -0.399 e. The van der Waals surface area contributed by atoms with Crippen molar-refractivity contribution < 1.29 is 4.79 Å². The lowest BCUT2D eigenvalue weighted by Gasteiger charge is -2.09. The van der Waals surface area contributed by atoms with Crippen molar-refractivity contribution >= 4 is 35.0 Å². The van der Waals surface area contributed by atoms with E-state index in [2.05, 4.69) is 5.32 Å². The van der Waals surface area contributed by atoms with Crippen LogP contribution in [0.2, 0.25) is 5.02 Å². The van der Waals surface area contributed by atoms with Gasteiger partial charge in [-0.2, -0.15) is 0 Å². The van der Waals surface area contributed by atoms with E-state index in [1.807, 2.05) is 38.1 Å². The summed E-state index contributed by atoms with van der Waals surface area (Å²) in [6.07, 6.45) is 3.24. The molecule has 0 spiro atoms. The number of carbonyl (C=O) groups is 1. The molecule has 3 N–H and O–H groups in total. The van der Waals surface area contributed by atoms with E-state index in [4.69, 9.17) is 17.3 Å². The van der Waals surface area contributed by atoms with Crippen molar-refractivity contribution in [3.8, 4) is 0 Å². The Balaban J connectivity index is 2.10. The SMILES string of the molecule is Cc1ccc(/C=C/C(=O)Nc2c(C)cc(N)cc2Cl)cc1. The number of anilines is 2. The minimum atomic E-state index is -0.231. The summed E-state index contributed by atoms with van der Waals surface area (Å²) < 4.78 is 0. The predicted octanol–water partition coefficient (Wildman–Crippen LogP) is 4.19. The molecule has 0 aliphatic rings. The monoisotopic (exact) mass is 300 g/mol. The molecule has 0 radical (unpaired) electrons. The summed E-state index contributed by atoms with van der Waals surface area (Å²) in [4.78, 5) is 12.0. The average Bonchev–Trinajstić information content (AvgIpc) is 2.42. The zero-order valence-corrected chi connectivity index (χ0v) is 12.7. The van der Waals surface area contributed by atoms with Crippen LogP contribution in [0, 0.1) is 13.8 Å². The van der Waals surface area contributed by atoms with Gasteiger partial charge in [0.1, 0.15) is 0 Å². The maximum Gasteiger partial charge on any atom is 0.248 e. The zero-order chi connectivity index (χ0) is 15.4. The highest BCUT2D eigenvalue weighted by atomic mass is 35.5. The molecule has 0 atom stereocenters. The van der Waals surface area contributed by atoms with E-state index in [1.165, 1.54) is 11.6 Å². The molecule has 0 aliphatic heterocycles. The lowest BCUT2D eigenvalue weighted by atomic mass is 10.1. The molecule has 0 aliphatic carbocycles. The number of amides is 1. The van der Waals surface area contributed by atoms with Crippen molar-refractivity contribution in [2.75, 3.05) is 11.1 Å². The molecule has 2 rings (SSSR count). The lowest BCUT2D eigenvalue weighted by molar-refractivity contribution is -0.111. The molecule has 2 aromatic carbocycles. The average molecular weight is 301 g/mol. The number of hydrogen-bond acceptors (Lipinski definition) is 2. The van der Waals surface area contributed by atoms with Gasteiger partial charge in [0, 0.05) is 11.8 Å². The third kappa shape index (κ3) is 4.10. The van der Waals surface area contributed by atoms with Gasteiger partial charge in [-0.1, -0.05) is 41.4 Å². The quantitative estimate of drug-likeness (QED) is 0.659. The van der Waals surface area contributed by atoms with Crippen LogP contribution in [0.3, 0.4) is 0 Å². The highest BCUT2D eigenvalue weighted by Gasteiger charge is 2.07. The van der Waals surface area contributed by atoms with Gasteiger partial charge in [-0.25, -0.2) is 0 Å². The number of nitrogen functional groups attached to an aromatic ring is 1. The number of nitrogens with one attached hydrogen (secondary N) is 1. The van der Waals surface area contributed by atoms with Crippen molar-refractivity contribution in [2.24, 2.45) is 0 Å². The summed E-state index contributed by atoms with van der Waals surface area (Å²) in [6.45, 7) is 3.87. The standard InChI is InChI=1S/C17H17ClN2O/c1-11-3-5-13(6-4-11)7-8-16(21)20-17-12(2)9-14(19)10-15(17)18/h3-10H,19H2,1-2H3,(H,20,21)/b8-7+. The van der Waals surface area contributed by atoms with Gasteiger partial charge < -0.3 is 11.1 Å². The summed E-state index contributed by atoms with van der Waals surface area (Å²) in [5.74, 6) is -0.231. The fourth-order valence-corrected chi connectivity index (χ4v) is 2.27. The number of aryl methyl sites for hydroxylation is 2. The molecule has 0 bridgehead atoms. The number of nitrogens with two attached hydrogens (primary N) is 1. The molecule has 0 saturated carbocycles. The normalized spacial score (nSPS) is 10.8. The van der Waals surface area contributed by atoms with Gasteiger partial charge in [-0.05, 0) is 43.2 Å². The number of carbonyl (C=O) groups excluding carboxylic acids is 1. The van der Waals surface area contributed by atoms with Crippen molar-refractivity contribution in [1.29, 1.82) is 0 Å². The third-order valence-corrected chi connectivity index (χ3v) is 3.36. The van der Waals surface area contributed by atoms with Gasteiger partial charge in [-0.3, -0.25) is 4.79 Å². The van der Waals surface area contributed by atoms with Crippen molar-refractivity contribution in [2.45, 2.75) is 13.8 Å². The zero-order valence-electron chi connectivity index (χ0n) is 12.0. The Morgan fingerprint density at radius 2 is 1.86 bits per heavy atom. The minimum absolute atomic E-state index is 0.231. The Morgan fingerprint density at radius 1 is 1.19 bits per heavy atom. The second-order valence-corrected chi connectivity index (χ2v) is 5.34. The van der Waals surface area contributed by atoms with Crippen LogP contribution >= 0.6 is 11.6 Å². The Bertz CT molecular complexity index is 667. The highest BCUT2D eigenvalue weighted by Crippen LogP contribution is 2.28. The van der Waals surface area contributed by atoms with Crippen LogP contribution in [0.1, 0.15) is 16.7 Å². The number of hydrogen-bond donors (Lipinski definition) is 2. The Hall–Kier alpha value is -2.26. The largest absolute Gasteiger partial charge is 0.399 e. The Kier molecular flexibility index (Phi) is 4.66. The fraction of sp³-hybridized carbons (Fsp3) is 0.118. The van der Waals surface area contributed by atoms with E-state index in [9.17, 15) is 4.79 Å². The van der Waals surface area contributed by atoms with Gasteiger partial charge in [0.05, 0.1) is 10.7 Å². The first-order chi connectivity index (χ1) is 9.95. The molecule has 2 aromatic rings. The first-order valence-electron chi connectivity index (χ1n) is 6.57. The van der Waals surface area contributed by atoms with E-state index in [0.717, 1.165) is 11.1 Å². The van der Waals surface area contributed by atoms with Gasteiger partial charge in [0.25, 0.3) is 0 Å². The number of rotatable bonds is 3. The summed E-state index contributed by atoms with van der Waals surface area (Å²) in [5.41, 5.74) is 9.84. The van der Waals surface area contributed by atoms with E-state index >= 15 is 0 Å². The summed E-state index contributed by atoms with van der Waals surface area (Å²) in [5, 5.41) is 3.21. The molecule has 21 heavy (non-hydrogen) atoms. The Labute approximate surface area is 129 Å². The van der Waals surface area contributed by atoms with Crippen LogP contribution in [0.15, 0.2) is 42.5 Å². The third-order valence-electron chi connectivity index (χ3n) is 3.06. The molecule has 108 valence electrons. The van der Waals surface area contributed by atoms with Crippen LogP contribution in [-0.2, 0) is 4.79 Å². The smallest absolute Gasteiger partial charge is 0.248 e. The maximum atomic E-state index is 12.0. The van der Waals surface area contributed by atoms with Gasteiger partial charge >= 0.3 is 0 Å². The van der Waals surface area contributed by atoms with E-state index in [-0.39, 0.29) is 5.91 Å². The molecular weight excluding hydrogens is 284 g/mol. The molecule has 3 nitrogen and oxygen atoms in total. The molecule has 0 heterocycles. The highest BCUT2D eigenvalue weighted by molar-refractivity contribution is 6.34. The molecule has 0 unspecified atom stereocenters. The fourth-order valence-electron chi connectivity index (χ4n) is 1.94. The van der Waals surface area contributed by atoms with E-state index < -0.39 is 0 Å².